The van der Waals surface area contributed by atoms with Crippen molar-refractivity contribution in [1.82, 2.24) is 14.9 Å². The summed E-state index contributed by atoms with van der Waals surface area (Å²) in [4.78, 5) is 0.105. The largest absolute Gasteiger partial charge is 0.486 e. The topological polar surface area (TPSA) is 119 Å². The molecule has 0 atom stereocenters. The number of hydrogen-bond acceptors (Lipinski definition) is 6. The molecule has 0 fully saturated rings. The van der Waals surface area contributed by atoms with Gasteiger partial charge in [0, 0.05) is 18.2 Å². The Morgan fingerprint density at radius 2 is 2.05 bits per heavy atom. The lowest BCUT2D eigenvalue weighted by molar-refractivity contribution is 0.171. The predicted molar refractivity (Wildman–Crippen MR) is 74.5 cm³/mol. The Morgan fingerprint density at radius 3 is 2.76 bits per heavy atom. The van der Waals surface area contributed by atoms with Gasteiger partial charge in [0.2, 0.25) is 10.0 Å². The van der Waals surface area contributed by atoms with Crippen LogP contribution in [0.1, 0.15) is 5.56 Å². The number of H-pyrrole nitrogens is 1. The van der Waals surface area contributed by atoms with Crippen LogP contribution in [-0.2, 0) is 16.6 Å². The number of nitrogens with zero attached hydrogens (tertiary/aromatic N) is 1. The number of sulfonamides is 1. The maximum absolute atomic E-state index is 12.2. The fraction of sp³-hybridized carbons (Fsp3) is 0.250. The van der Waals surface area contributed by atoms with Gasteiger partial charge in [-0.1, -0.05) is 0 Å². The van der Waals surface area contributed by atoms with Crippen molar-refractivity contribution in [1.29, 1.82) is 0 Å². The van der Waals surface area contributed by atoms with Crippen molar-refractivity contribution in [3.63, 3.8) is 0 Å². The van der Waals surface area contributed by atoms with Gasteiger partial charge in [-0.2, -0.15) is 5.10 Å². The number of benzene rings is 1. The zero-order valence-corrected chi connectivity index (χ0v) is 11.8. The monoisotopic (exact) mass is 310 g/mol. The molecule has 1 aromatic carbocycles. The maximum Gasteiger partial charge on any atom is 0.241 e. The zero-order valence-electron chi connectivity index (χ0n) is 11.0. The first-order valence-electron chi connectivity index (χ1n) is 6.23. The van der Waals surface area contributed by atoms with Crippen LogP contribution in [0.15, 0.2) is 29.3 Å². The van der Waals surface area contributed by atoms with Crippen molar-refractivity contribution in [2.75, 3.05) is 18.9 Å². The van der Waals surface area contributed by atoms with Crippen molar-refractivity contribution < 1.29 is 17.9 Å². The molecule has 4 N–H and O–H groups in total. The molecule has 3 rings (SSSR count). The van der Waals surface area contributed by atoms with Gasteiger partial charge in [0.15, 0.2) is 11.5 Å². The van der Waals surface area contributed by atoms with Gasteiger partial charge < -0.3 is 15.2 Å². The molecule has 0 amide bonds. The molecular weight excluding hydrogens is 296 g/mol. The number of nitrogens with two attached hydrogens (primary N) is 1. The molecular formula is C12H14N4O4S. The molecule has 9 heteroatoms. The Bertz CT molecular complexity index is 756. The molecule has 2 aromatic rings. The van der Waals surface area contributed by atoms with E-state index in [1.165, 1.54) is 18.3 Å². The van der Waals surface area contributed by atoms with Gasteiger partial charge in [-0.3, -0.25) is 5.10 Å². The van der Waals surface area contributed by atoms with Gasteiger partial charge in [-0.05, 0) is 12.1 Å². The van der Waals surface area contributed by atoms with Crippen LogP contribution < -0.4 is 19.9 Å². The summed E-state index contributed by atoms with van der Waals surface area (Å²) in [5.74, 6) is 1.30. The summed E-state index contributed by atoms with van der Waals surface area (Å²) in [7, 11) is -3.67. The molecule has 2 heterocycles. The Morgan fingerprint density at radius 1 is 1.29 bits per heavy atom. The summed E-state index contributed by atoms with van der Waals surface area (Å²) in [6, 6.07) is 4.49. The Labute approximate surface area is 121 Å². The van der Waals surface area contributed by atoms with Crippen LogP contribution in [0.2, 0.25) is 0 Å². The van der Waals surface area contributed by atoms with Crippen molar-refractivity contribution >= 4 is 15.8 Å². The van der Waals surface area contributed by atoms with Crippen LogP contribution in [0.5, 0.6) is 11.5 Å². The van der Waals surface area contributed by atoms with Gasteiger partial charge in [-0.25, -0.2) is 13.1 Å². The quantitative estimate of drug-likeness (QED) is 0.744. The number of aromatic amines is 1. The number of ether oxygens (including phenoxy) is 2. The minimum atomic E-state index is -3.67. The first-order valence-corrected chi connectivity index (χ1v) is 7.71. The molecule has 1 aromatic heterocycles. The molecule has 0 bridgehead atoms. The first-order chi connectivity index (χ1) is 10.1. The molecule has 112 valence electrons. The Hall–Kier alpha value is -2.26. The molecule has 8 nitrogen and oxygen atoms in total. The summed E-state index contributed by atoms with van der Waals surface area (Å²) in [6.45, 7) is 0.908. The number of hydrogen-bond donors (Lipinski definition) is 3. The highest BCUT2D eigenvalue weighted by Crippen LogP contribution is 2.32. The average molecular weight is 310 g/mol. The standard InChI is InChI=1S/C12H14N4O4S/c13-12-8(6-14-16-12)7-15-21(17,18)9-1-2-10-11(5-9)20-4-3-19-10/h1-2,5-6,15H,3-4,7H2,(H3,13,14,16). The summed E-state index contributed by atoms with van der Waals surface area (Å²) >= 11 is 0. The van der Waals surface area contributed by atoms with E-state index in [-0.39, 0.29) is 11.4 Å². The number of nitrogens with one attached hydrogen (secondary N) is 2. The number of nitrogen functional groups attached to an aromatic ring is 1. The molecule has 0 saturated carbocycles. The predicted octanol–water partition coefficient (Wildman–Crippen LogP) is 0.242. The summed E-state index contributed by atoms with van der Waals surface area (Å²) < 4.78 is 37.7. The van der Waals surface area contributed by atoms with E-state index < -0.39 is 10.0 Å². The van der Waals surface area contributed by atoms with E-state index in [1.54, 1.807) is 6.07 Å². The van der Waals surface area contributed by atoms with E-state index in [9.17, 15) is 8.42 Å². The van der Waals surface area contributed by atoms with Crippen LogP contribution >= 0.6 is 0 Å². The van der Waals surface area contributed by atoms with E-state index >= 15 is 0 Å². The Kier molecular flexibility index (Phi) is 3.43. The number of rotatable bonds is 4. The van der Waals surface area contributed by atoms with Gasteiger partial charge in [-0.15, -0.1) is 0 Å². The number of anilines is 1. The second kappa shape index (κ2) is 5.26. The smallest absolute Gasteiger partial charge is 0.241 e. The van der Waals surface area contributed by atoms with Crippen molar-refractivity contribution in [2.45, 2.75) is 11.4 Å². The normalized spacial score (nSPS) is 14.1. The molecule has 1 aliphatic rings. The van der Waals surface area contributed by atoms with Crippen LogP contribution in [-0.4, -0.2) is 31.8 Å². The van der Waals surface area contributed by atoms with E-state index in [1.807, 2.05) is 0 Å². The molecule has 0 spiro atoms. The van der Waals surface area contributed by atoms with Gasteiger partial charge >= 0.3 is 0 Å². The van der Waals surface area contributed by atoms with Gasteiger partial charge in [0.25, 0.3) is 0 Å². The van der Waals surface area contributed by atoms with Crippen molar-refractivity contribution in [3.05, 3.63) is 30.0 Å². The fourth-order valence-corrected chi connectivity index (χ4v) is 2.93. The molecule has 21 heavy (non-hydrogen) atoms. The van der Waals surface area contributed by atoms with E-state index in [0.717, 1.165) is 0 Å². The lowest BCUT2D eigenvalue weighted by Crippen LogP contribution is -2.24. The highest BCUT2D eigenvalue weighted by molar-refractivity contribution is 7.89. The van der Waals surface area contributed by atoms with Crippen LogP contribution in [0.3, 0.4) is 0 Å². The third-order valence-corrected chi connectivity index (χ3v) is 4.43. The van der Waals surface area contributed by atoms with Crippen LogP contribution in [0.25, 0.3) is 0 Å². The molecule has 0 radical (unpaired) electrons. The minimum absolute atomic E-state index is 0.0547. The van der Waals surface area contributed by atoms with Gasteiger partial charge in [0.05, 0.1) is 11.1 Å². The highest BCUT2D eigenvalue weighted by Gasteiger charge is 2.19. The third kappa shape index (κ3) is 2.78. The summed E-state index contributed by atoms with van der Waals surface area (Å²) in [5.41, 5.74) is 6.19. The Balaban J connectivity index is 1.80. The lowest BCUT2D eigenvalue weighted by atomic mass is 10.3. The molecule has 0 aliphatic carbocycles. The second-order valence-corrected chi connectivity index (χ2v) is 6.21. The van der Waals surface area contributed by atoms with Gasteiger partial charge in [0.1, 0.15) is 19.0 Å². The molecule has 1 aliphatic heterocycles. The van der Waals surface area contributed by atoms with Crippen LogP contribution in [0, 0.1) is 0 Å². The average Bonchev–Trinajstić information content (AvgIpc) is 2.90. The molecule has 0 saturated heterocycles. The van der Waals surface area contributed by atoms with Crippen molar-refractivity contribution in [3.8, 4) is 11.5 Å². The number of fused-ring (bicyclic) bond motifs is 1. The summed E-state index contributed by atoms with van der Waals surface area (Å²) in [6.07, 6.45) is 1.47. The SMILES string of the molecule is Nc1[nH]ncc1CNS(=O)(=O)c1ccc2c(c1)OCCO2. The fourth-order valence-electron chi connectivity index (χ4n) is 1.91. The minimum Gasteiger partial charge on any atom is -0.486 e. The summed E-state index contributed by atoms with van der Waals surface area (Å²) in [5, 5.41) is 6.27. The van der Waals surface area contributed by atoms with E-state index in [2.05, 4.69) is 14.9 Å². The zero-order chi connectivity index (χ0) is 14.9. The second-order valence-electron chi connectivity index (χ2n) is 4.44. The first kappa shape index (κ1) is 13.7. The number of aromatic nitrogens is 2. The van der Waals surface area contributed by atoms with Crippen LogP contribution in [0.4, 0.5) is 5.82 Å². The maximum atomic E-state index is 12.2. The van der Waals surface area contributed by atoms with Crippen molar-refractivity contribution in [2.24, 2.45) is 0 Å². The van der Waals surface area contributed by atoms with E-state index in [0.29, 0.717) is 36.1 Å². The lowest BCUT2D eigenvalue weighted by Gasteiger charge is -2.18. The van der Waals surface area contributed by atoms with E-state index in [4.69, 9.17) is 15.2 Å². The third-order valence-electron chi connectivity index (χ3n) is 3.03. The molecule has 0 unspecified atom stereocenters. The highest BCUT2D eigenvalue weighted by atomic mass is 32.2.